The van der Waals surface area contributed by atoms with Crippen LogP contribution in [0.15, 0.2) is 30.7 Å². The summed E-state index contributed by atoms with van der Waals surface area (Å²) >= 11 is 0. The van der Waals surface area contributed by atoms with Crippen LogP contribution < -0.4 is 5.73 Å². The minimum atomic E-state index is -0.587. The highest BCUT2D eigenvalue weighted by molar-refractivity contribution is 5.20. The van der Waals surface area contributed by atoms with Crippen LogP contribution in [0.25, 0.3) is 0 Å². The number of aryl methyl sites for hydroxylation is 1. The van der Waals surface area contributed by atoms with Gasteiger partial charge in [0.1, 0.15) is 5.82 Å². The summed E-state index contributed by atoms with van der Waals surface area (Å²) in [5, 5.41) is 4.12. The van der Waals surface area contributed by atoms with Gasteiger partial charge in [0.15, 0.2) is 0 Å². The van der Waals surface area contributed by atoms with E-state index in [1.54, 1.807) is 16.9 Å². The second-order valence-electron chi connectivity index (χ2n) is 4.57. The molecule has 0 saturated heterocycles. The van der Waals surface area contributed by atoms with E-state index in [9.17, 15) is 4.39 Å². The Morgan fingerprint density at radius 3 is 2.67 bits per heavy atom. The van der Waals surface area contributed by atoms with Crippen molar-refractivity contribution >= 4 is 0 Å². The van der Waals surface area contributed by atoms with Gasteiger partial charge in [-0.15, -0.1) is 0 Å². The van der Waals surface area contributed by atoms with Gasteiger partial charge in [0.25, 0.3) is 0 Å². The van der Waals surface area contributed by atoms with Crippen molar-refractivity contribution in [1.82, 2.24) is 14.8 Å². The van der Waals surface area contributed by atoms with Crippen LogP contribution in [0, 0.1) is 5.82 Å². The molecule has 2 aromatic heterocycles. The van der Waals surface area contributed by atoms with E-state index in [0.717, 1.165) is 12.0 Å². The number of nitrogens with two attached hydrogens (primary N) is 1. The lowest BCUT2D eigenvalue weighted by molar-refractivity contribution is 0.410. The molecule has 18 heavy (non-hydrogen) atoms. The maximum atomic E-state index is 12.9. The van der Waals surface area contributed by atoms with Crippen LogP contribution in [0.3, 0.4) is 0 Å². The van der Waals surface area contributed by atoms with Crippen LogP contribution in [0.5, 0.6) is 0 Å². The highest BCUT2D eigenvalue weighted by Crippen LogP contribution is 2.24. The Hall–Kier alpha value is -1.75. The van der Waals surface area contributed by atoms with E-state index in [1.807, 2.05) is 20.2 Å². The Bertz CT molecular complexity index is 520. The fraction of sp³-hybridized carbons (Fsp3) is 0.385. The average molecular weight is 248 g/mol. The van der Waals surface area contributed by atoms with E-state index in [2.05, 4.69) is 10.1 Å². The predicted molar refractivity (Wildman–Crippen MR) is 67.3 cm³/mol. The molecule has 0 aromatic carbocycles. The molecule has 5 heteroatoms. The summed E-state index contributed by atoms with van der Waals surface area (Å²) in [6, 6.07) is 3.04. The first-order valence-corrected chi connectivity index (χ1v) is 5.92. The van der Waals surface area contributed by atoms with Crippen molar-refractivity contribution < 1.29 is 4.39 Å². The lowest BCUT2D eigenvalue weighted by Gasteiger charge is -2.27. The zero-order valence-electron chi connectivity index (χ0n) is 10.6. The van der Waals surface area contributed by atoms with Gasteiger partial charge < -0.3 is 5.73 Å². The van der Waals surface area contributed by atoms with Crippen LogP contribution >= 0.6 is 0 Å². The Kier molecular flexibility index (Phi) is 3.43. The van der Waals surface area contributed by atoms with Crippen LogP contribution in [0.2, 0.25) is 0 Å². The highest BCUT2D eigenvalue weighted by Gasteiger charge is 2.27. The molecule has 2 rings (SSSR count). The molecule has 0 spiro atoms. The van der Waals surface area contributed by atoms with Gasteiger partial charge in [0, 0.05) is 13.2 Å². The number of hydrogen-bond donors (Lipinski definition) is 1. The van der Waals surface area contributed by atoms with Crippen LogP contribution in [0.4, 0.5) is 4.39 Å². The number of rotatable bonds is 4. The summed E-state index contributed by atoms with van der Waals surface area (Å²) in [4.78, 5) is 4.10. The number of hydrogen-bond acceptors (Lipinski definition) is 3. The van der Waals surface area contributed by atoms with Gasteiger partial charge in [-0.25, -0.2) is 4.39 Å². The van der Waals surface area contributed by atoms with E-state index in [1.165, 1.54) is 12.3 Å². The van der Waals surface area contributed by atoms with Gasteiger partial charge in [0.05, 0.1) is 23.6 Å². The molecule has 1 atom stereocenters. The maximum absolute atomic E-state index is 12.9. The molecule has 4 nitrogen and oxygen atoms in total. The van der Waals surface area contributed by atoms with Gasteiger partial charge in [-0.3, -0.25) is 9.67 Å². The molecule has 2 aromatic rings. The van der Waals surface area contributed by atoms with Crippen LogP contribution in [0.1, 0.15) is 24.6 Å². The largest absolute Gasteiger partial charge is 0.320 e. The second kappa shape index (κ2) is 4.86. The van der Waals surface area contributed by atoms with E-state index in [-0.39, 0.29) is 5.82 Å². The summed E-state index contributed by atoms with van der Waals surface area (Å²) in [5.41, 5.74) is 7.55. The fourth-order valence-electron chi connectivity index (χ4n) is 1.99. The van der Waals surface area contributed by atoms with E-state index in [4.69, 9.17) is 5.73 Å². The third-order valence-corrected chi connectivity index (χ3v) is 3.15. The first-order valence-electron chi connectivity index (χ1n) is 5.92. The van der Waals surface area contributed by atoms with Gasteiger partial charge in [0.2, 0.25) is 0 Å². The van der Waals surface area contributed by atoms with Crippen molar-refractivity contribution in [3.63, 3.8) is 0 Å². The molecule has 0 amide bonds. The van der Waals surface area contributed by atoms with Crippen LogP contribution in [-0.4, -0.2) is 14.8 Å². The Morgan fingerprint density at radius 2 is 2.17 bits per heavy atom. The molecule has 96 valence electrons. The van der Waals surface area contributed by atoms with E-state index < -0.39 is 5.54 Å². The smallest absolute Gasteiger partial charge is 0.141 e. The normalized spacial score (nSPS) is 14.4. The Labute approximate surface area is 106 Å². The molecule has 1 unspecified atom stereocenters. The summed E-state index contributed by atoms with van der Waals surface area (Å²) in [7, 11) is 1.86. The van der Waals surface area contributed by atoms with Gasteiger partial charge >= 0.3 is 0 Å². The first kappa shape index (κ1) is 12.7. The van der Waals surface area contributed by atoms with E-state index in [0.29, 0.717) is 12.1 Å². The molecule has 0 aliphatic carbocycles. The van der Waals surface area contributed by atoms with Gasteiger partial charge in [-0.05, 0) is 30.5 Å². The van der Waals surface area contributed by atoms with Crippen LogP contribution in [-0.2, 0) is 19.0 Å². The summed E-state index contributed by atoms with van der Waals surface area (Å²) in [6.45, 7) is 2.00. The number of nitrogens with zero attached hydrogens (tertiary/aromatic N) is 3. The third-order valence-electron chi connectivity index (χ3n) is 3.15. The molecule has 2 heterocycles. The summed E-state index contributed by atoms with van der Waals surface area (Å²) < 4.78 is 14.6. The SMILES string of the molecule is CCC(N)(Cc1cnn(C)c1)c1ccc(F)cn1. The average Bonchev–Trinajstić information content (AvgIpc) is 2.75. The summed E-state index contributed by atoms with van der Waals surface area (Å²) in [6.07, 6.45) is 6.29. The van der Waals surface area contributed by atoms with Gasteiger partial charge in [-0.2, -0.15) is 5.10 Å². The molecule has 0 bridgehead atoms. The monoisotopic (exact) mass is 248 g/mol. The highest BCUT2D eigenvalue weighted by atomic mass is 19.1. The molecule has 0 radical (unpaired) electrons. The maximum Gasteiger partial charge on any atom is 0.141 e. The van der Waals surface area contributed by atoms with Crippen molar-refractivity contribution in [2.45, 2.75) is 25.3 Å². The number of aromatic nitrogens is 3. The molecule has 0 saturated carbocycles. The topological polar surface area (TPSA) is 56.7 Å². The molecule has 0 aliphatic rings. The number of halogens is 1. The molecule has 0 fully saturated rings. The number of pyridine rings is 1. The quantitative estimate of drug-likeness (QED) is 0.897. The third kappa shape index (κ3) is 2.56. The zero-order chi connectivity index (χ0) is 13.2. The molecule has 2 N–H and O–H groups in total. The minimum Gasteiger partial charge on any atom is -0.320 e. The van der Waals surface area contributed by atoms with Crippen molar-refractivity contribution in [2.75, 3.05) is 0 Å². The van der Waals surface area contributed by atoms with Gasteiger partial charge in [-0.1, -0.05) is 6.92 Å². The minimum absolute atomic E-state index is 0.349. The zero-order valence-corrected chi connectivity index (χ0v) is 10.6. The summed E-state index contributed by atoms with van der Waals surface area (Å²) in [5.74, 6) is -0.349. The first-order chi connectivity index (χ1) is 8.53. The standard InChI is InChI=1S/C13H17FN4/c1-3-13(15,6-10-7-17-18(2)9-10)12-5-4-11(14)8-16-12/h4-5,7-9H,3,6,15H2,1-2H3. The van der Waals surface area contributed by atoms with Crippen molar-refractivity contribution in [1.29, 1.82) is 0 Å². The Morgan fingerprint density at radius 1 is 1.39 bits per heavy atom. The van der Waals surface area contributed by atoms with E-state index >= 15 is 0 Å². The lowest BCUT2D eigenvalue weighted by Crippen LogP contribution is -2.39. The molecule has 0 aliphatic heterocycles. The molecular weight excluding hydrogens is 231 g/mol. The fourth-order valence-corrected chi connectivity index (χ4v) is 1.99. The second-order valence-corrected chi connectivity index (χ2v) is 4.57. The Balaban J connectivity index is 2.27. The van der Waals surface area contributed by atoms with Crippen molar-refractivity contribution in [3.8, 4) is 0 Å². The van der Waals surface area contributed by atoms with Crippen molar-refractivity contribution in [3.05, 3.63) is 47.8 Å². The molecular formula is C13H17FN4. The predicted octanol–water partition coefficient (Wildman–Crippen LogP) is 1.76. The lowest BCUT2D eigenvalue weighted by atomic mass is 9.86. The van der Waals surface area contributed by atoms with Crippen molar-refractivity contribution in [2.24, 2.45) is 12.8 Å².